The predicted octanol–water partition coefficient (Wildman–Crippen LogP) is 15.2. The number of hydrogen-bond acceptors (Lipinski definition) is 2. The van der Waals surface area contributed by atoms with Gasteiger partial charge in [0.15, 0.2) is 0 Å². The number of fused-ring (bicyclic) bond motifs is 7. The average molecular weight is 1040 g/mol. The van der Waals surface area contributed by atoms with E-state index >= 15 is 0 Å². The number of halogens is 1. The zero-order valence-corrected chi connectivity index (χ0v) is 38.0. The van der Waals surface area contributed by atoms with Crippen molar-refractivity contribution in [2.75, 3.05) is 0 Å². The largest absolute Gasteiger partial charge is 0.309 e. The van der Waals surface area contributed by atoms with Crippen LogP contribution in [0, 0.1) is 12.1 Å². The molecule has 3 aromatic heterocycles. The Morgan fingerprint density at radius 3 is 2.13 bits per heavy atom. The number of hydrogen-bond donors (Lipinski definition) is 0. The normalized spacial score (nSPS) is 12.4. The maximum atomic E-state index is 4.80. The fourth-order valence-electron chi connectivity index (χ4n) is 9.11. The summed E-state index contributed by atoms with van der Waals surface area (Å²) in [6, 6.07) is 73.1. The third-order valence-corrected chi connectivity index (χ3v) is 12.7. The summed E-state index contributed by atoms with van der Waals surface area (Å²) < 4.78 is 3.53. The Kier molecular flexibility index (Phi) is 10.3. The minimum atomic E-state index is -0.168. The van der Waals surface area contributed by atoms with E-state index in [0.717, 1.165) is 43.3 Å². The van der Waals surface area contributed by atoms with Gasteiger partial charge in [0.2, 0.25) is 0 Å². The molecule has 0 bridgehead atoms. The molecule has 0 saturated carbocycles. The van der Waals surface area contributed by atoms with Gasteiger partial charge in [0, 0.05) is 42.5 Å². The monoisotopic (exact) mass is 1040 g/mol. The Morgan fingerprint density at radius 2 is 1.26 bits per heavy atom. The summed E-state index contributed by atoms with van der Waals surface area (Å²) in [4.78, 5) is 9.44. The Morgan fingerprint density at radius 1 is 0.532 bits per heavy atom. The van der Waals surface area contributed by atoms with E-state index in [1.54, 1.807) is 0 Å². The number of pyridine rings is 2. The minimum Gasteiger partial charge on any atom is -0.309 e. The zero-order chi connectivity index (χ0) is 41.1. The van der Waals surface area contributed by atoms with Gasteiger partial charge in [-0.3, -0.25) is 4.98 Å². The van der Waals surface area contributed by atoms with Crippen LogP contribution >= 0.6 is 15.9 Å². The van der Waals surface area contributed by atoms with Gasteiger partial charge < -0.3 is 9.55 Å². The molecule has 0 N–H and O–H groups in total. The molecule has 0 saturated heterocycles. The van der Waals surface area contributed by atoms with Crippen LogP contribution in [0.1, 0.15) is 25.0 Å². The van der Waals surface area contributed by atoms with E-state index in [4.69, 9.17) is 4.98 Å². The van der Waals surface area contributed by atoms with E-state index in [9.17, 15) is 0 Å². The van der Waals surface area contributed by atoms with Crippen LogP contribution in [0.5, 0.6) is 0 Å². The van der Waals surface area contributed by atoms with E-state index < -0.39 is 0 Å². The van der Waals surface area contributed by atoms with E-state index in [1.165, 1.54) is 66.3 Å². The second kappa shape index (κ2) is 16.1. The van der Waals surface area contributed by atoms with Gasteiger partial charge in [-0.15, -0.1) is 65.2 Å². The van der Waals surface area contributed by atoms with Crippen LogP contribution in [-0.2, 0) is 25.5 Å². The van der Waals surface area contributed by atoms with Gasteiger partial charge in [0.1, 0.15) is 0 Å². The molecule has 8 aromatic carbocycles. The molecule has 0 amide bonds. The molecule has 1 aliphatic heterocycles. The van der Waals surface area contributed by atoms with Crippen LogP contribution < -0.4 is 0 Å². The molecular weight excluding hydrogens is 999 g/mol. The standard InChI is InChI=1S/C42H29N2.C15H9BrN.Ir/c1-42(2)36-17-8-9-18-39(36)44-38-20-19-30(27-11-4-3-5-12-27)24-34(38)35-25-32(26-37(42)41(35)44)29-14-10-15-31(23-29)40-33-16-7-6-13-28(33)21-22-43-40;16-13-6-3-5-12(10-13)15-9-8-11-4-1-2-7-14(11)17-15;/h3-14,16-26H,1-2H3;1-4,6-10H;/q2*-1;. The number of aromatic nitrogens is 3. The van der Waals surface area contributed by atoms with Crippen molar-refractivity contribution in [3.63, 3.8) is 0 Å². The first-order chi connectivity index (χ1) is 29.9. The average Bonchev–Trinajstić information content (AvgIpc) is 3.64. The van der Waals surface area contributed by atoms with Crippen LogP contribution in [-0.4, -0.2) is 14.5 Å². The first-order valence-corrected chi connectivity index (χ1v) is 21.4. The molecule has 3 nitrogen and oxygen atoms in total. The second-order valence-electron chi connectivity index (χ2n) is 16.2. The minimum absolute atomic E-state index is 0. The number of rotatable bonds is 4. The van der Waals surface area contributed by atoms with Crippen molar-refractivity contribution in [3.8, 4) is 50.5 Å². The predicted molar refractivity (Wildman–Crippen MR) is 257 cm³/mol. The van der Waals surface area contributed by atoms with Gasteiger partial charge in [0.05, 0.1) is 22.2 Å². The molecule has 62 heavy (non-hydrogen) atoms. The molecule has 5 heteroatoms. The van der Waals surface area contributed by atoms with Crippen molar-refractivity contribution in [1.82, 2.24) is 14.5 Å². The van der Waals surface area contributed by atoms with Crippen LogP contribution in [0.3, 0.4) is 0 Å². The second-order valence-corrected chi connectivity index (χ2v) is 17.1. The third-order valence-electron chi connectivity index (χ3n) is 12.2. The molecule has 1 radical (unpaired) electrons. The first kappa shape index (κ1) is 39.6. The smallest absolute Gasteiger partial charge is 0.0595 e. The Hall–Kier alpha value is -6.49. The van der Waals surface area contributed by atoms with Gasteiger partial charge in [-0.05, 0) is 97.8 Å². The van der Waals surface area contributed by atoms with E-state index in [2.05, 4.69) is 191 Å². The SMILES string of the molecule is Brc1cc[c-]c(-c2ccc3ccccc3n2)c1.CC1(C)c2ccccc2-n2c3ccc(-c4ccccc4)cc3c3cc(-c4cc[c-]c(-c5nccc6ccccc56)c4)cc1c32.[Ir]. The van der Waals surface area contributed by atoms with Gasteiger partial charge in [-0.25, -0.2) is 0 Å². The van der Waals surface area contributed by atoms with Crippen molar-refractivity contribution in [1.29, 1.82) is 0 Å². The number of para-hydroxylation sites is 2. The van der Waals surface area contributed by atoms with E-state index in [1.807, 2.05) is 54.7 Å². The van der Waals surface area contributed by atoms with Crippen molar-refractivity contribution < 1.29 is 20.1 Å². The summed E-state index contributed by atoms with van der Waals surface area (Å²) in [5.41, 5.74) is 16.1. The number of nitrogens with zero attached hydrogens (tertiary/aromatic N) is 3. The molecule has 299 valence electrons. The van der Waals surface area contributed by atoms with Crippen molar-refractivity contribution >= 4 is 59.4 Å². The molecule has 0 spiro atoms. The molecule has 12 rings (SSSR count). The first-order valence-electron chi connectivity index (χ1n) is 20.6. The molecule has 0 fully saturated rings. The molecule has 4 heterocycles. The maximum Gasteiger partial charge on any atom is 0.0595 e. The molecule has 1 aliphatic rings. The molecule has 0 atom stereocenters. The summed E-state index contributed by atoms with van der Waals surface area (Å²) >= 11 is 3.46. The van der Waals surface area contributed by atoms with Crippen LogP contribution in [0.15, 0.2) is 199 Å². The summed E-state index contributed by atoms with van der Waals surface area (Å²) in [5, 5.41) is 6.04. The Balaban J connectivity index is 0.000000214. The fourth-order valence-corrected chi connectivity index (χ4v) is 9.47. The molecule has 0 aliphatic carbocycles. The molecular formula is C57H38BrIrN3-2. The topological polar surface area (TPSA) is 30.7 Å². The summed E-state index contributed by atoms with van der Waals surface area (Å²) in [6.45, 7) is 4.73. The van der Waals surface area contributed by atoms with Gasteiger partial charge in [0.25, 0.3) is 0 Å². The summed E-state index contributed by atoms with van der Waals surface area (Å²) in [6.07, 6.45) is 1.90. The Bertz CT molecular complexity index is 3470. The molecule has 0 unspecified atom stereocenters. The van der Waals surface area contributed by atoms with Crippen LogP contribution in [0.4, 0.5) is 0 Å². The van der Waals surface area contributed by atoms with Crippen molar-refractivity contribution in [2.24, 2.45) is 0 Å². The number of benzene rings is 8. The third kappa shape index (κ3) is 6.87. The van der Waals surface area contributed by atoms with E-state index in [-0.39, 0.29) is 25.5 Å². The van der Waals surface area contributed by atoms with Gasteiger partial charge in [-0.2, -0.15) is 0 Å². The Labute approximate surface area is 383 Å². The van der Waals surface area contributed by atoms with Crippen LogP contribution in [0.25, 0.3) is 93.9 Å². The molecule has 11 aromatic rings. The van der Waals surface area contributed by atoms with Gasteiger partial charge >= 0.3 is 0 Å². The quantitative estimate of drug-likeness (QED) is 0.165. The summed E-state index contributed by atoms with van der Waals surface area (Å²) in [5.74, 6) is 0. The van der Waals surface area contributed by atoms with E-state index in [0.29, 0.717) is 0 Å². The van der Waals surface area contributed by atoms with Crippen molar-refractivity contribution in [2.45, 2.75) is 19.3 Å². The fraction of sp³-hybridized carbons (Fsp3) is 0.0526. The maximum absolute atomic E-state index is 4.80. The van der Waals surface area contributed by atoms with Crippen LogP contribution in [0.2, 0.25) is 0 Å². The summed E-state index contributed by atoms with van der Waals surface area (Å²) in [7, 11) is 0. The zero-order valence-electron chi connectivity index (χ0n) is 34.0. The van der Waals surface area contributed by atoms with Crippen molar-refractivity contribution in [3.05, 3.63) is 222 Å². The van der Waals surface area contributed by atoms with Gasteiger partial charge in [-0.1, -0.05) is 143 Å².